The van der Waals surface area contributed by atoms with Gasteiger partial charge in [-0.2, -0.15) is 0 Å². The molecule has 1 aliphatic rings. The van der Waals surface area contributed by atoms with Crippen LogP contribution in [0.5, 0.6) is 0 Å². The van der Waals surface area contributed by atoms with Crippen molar-refractivity contribution in [3.8, 4) is 67.3 Å². The topological polar surface area (TPSA) is 38.7 Å². The van der Waals surface area contributed by atoms with Gasteiger partial charge in [0.05, 0.1) is 11.4 Å². The highest BCUT2D eigenvalue weighted by atomic mass is 14.9. The first-order chi connectivity index (χ1) is 26.8. The Hall–Kier alpha value is -6.97. The Morgan fingerprint density at radius 2 is 0.944 bits per heavy atom. The molecule has 3 nitrogen and oxygen atoms in total. The number of rotatable bonds is 6. The van der Waals surface area contributed by atoms with Crippen molar-refractivity contribution in [1.29, 1.82) is 0 Å². The Morgan fingerprint density at radius 1 is 0.407 bits per heavy atom. The van der Waals surface area contributed by atoms with Crippen LogP contribution in [0.1, 0.15) is 17.5 Å². The molecule has 2 heterocycles. The molecule has 2 aromatic heterocycles. The molecule has 0 aliphatic heterocycles. The fraction of sp³-hybridized carbons (Fsp3) is 0.0392. The molecule has 0 fully saturated rings. The zero-order chi connectivity index (χ0) is 35.8. The highest BCUT2D eigenvalue weighted by molar-refractivity contribution is 6.21. The zero-order valence-corrected chi connectivity index (χ0v) is 29.7. The van der Waals surface area contributed by atoms with E-state index in [0.717, 1.165) is 57.6 Å². The van der Waals surface area contributed by atoms with Crippen molar-refractivity contribution in [3.05, 3.63) is 193 Å². The van der Waals surface area contributed by atoms with Crippen LogP contribution < -0.4 is 0 Å². The maximum atomic E-state index is 5.22. The molecule has 0 spiro atoms. The van der Waals surface area contributed by atoms with Crippen LogP contribution in [0.15, 0.2) is 182 Å². The summed E-state index contributed by atoms with van der Waals surface area (Å²) < 4.78 is 0. The predicted octanol–water partition coefficient (Wildman–Crippen LogP) is 13.1. The molecule has 0 N–H and O–H groups in total. The summed E-state index contributed by atoms with van der Waals surface area (Å²) in [5.74, 6) is 0.702. The summed E-state index contributed by atoms with van der Waals surface area (Å²) in [5, 5.41) is 4.97. The van der Waals surface area contributed by atoms with Gasteiger partial charge in [-0.05, 0) is 97.1 Å². The SMILES string of the molecule is C1=Cc2cc(-c3cc(-c4ccc(-c5cccnc5)cc4)nc(-c4ccc(-c5c6ccccc6c(-c6ccccc6)c6ccccc56)cc4)n3)ccc2CC1. The molecule has 9 aromatic rings. The van der Waals surface area contributed by atoms with Gasteiger partial charge in [-0.1, -0.05) is 158 Å². The van der Waals surface area contributed by atoms with Gasteiger partial charge in [-0.3, -0.25) is 4.98 Å². The number of aryl methyl sites for hydroxylation is 1. The smallest absolute Gasteiger partial charge is 0.160 e. The second kappa shape index (κ2) is 13.5. The molecule has 3 heteroatoms. The second-order valence-corrected chi connectivity index (χ2v) is 13.9. The number of aromatic nitrogens is 3. The van der Waals surface area contributed by atoms with Crippen molar-refractivity contribution in [3.63, 3.8) is 0 Å². The monoisotopic (exact) mass is 689 g/mol. The number of allylic oxidation sites excluding steroid dienone is 1. The van der Waals surface area contributed by atoms with Crippen molar-refractivity contribution < 1.29 is 0 Å². The summed E-state index contributed by atoms with van der Waals surface area (Å²) >= 11 is 0. The highest BCUT2D eigenvalue weighted by Crippen LogP contribution is 2.44. The number of benzene rings is 7. The lowest BCUT2D eigenvalue weighted by Crippen LogP contribution is -1.98. The molecule has 54 heavy (non-hydrogen) atoms. The molecule has 0 saturated heterocycles. The fourth-order valence-corrected chi connectivity index (χ4v) is 7.97. The lowest BCUT2D eigenvalue weighted by atomic mass is 9.86. The minimum atomic E-state index is 0.702. The number of pyridine rings is 1. The lowest BCUT2D eigenvalue weighted by Gasteiger charge is -2.18. The average Bonchev–Trinajstić information content (AvgIpc) is 3.26. The van der Waals surface area contributed by atoms with E-state index < -0.39 is 0 Å². The molecular formula is C51H35N3. The molecule has 7 aromatic carbocycles. The molecular weight excluding hydrogens is 655 g/mol. The minimum absolute atomic E-state index is 0.702. The van der Waals surface area contributed by atoms with Gasteiger partial charge in [0.1, 0.15) is 0 Å². The van der Waals surface area contributed by atoms with E-state index in [1.54, 1.807) is 6.20 Å². The van der Waals surface area contributed by atoms with Gasteiger partial charge in [-0.15, -0.1) is 0 Å². The molecule has 0 amide bonds. The van der Waals surface area contributed by atoms with Gasteiger partial charge in [0.25, 0.3) is 0 Å². The fourth-order valence-electron chi connectivity index (χ4n) is 7.97. The van der Waals surface area contributed by atoms with Crippen LogP contribution in [-0.2, 0) is 6.42 Å². The third kappa shape index (κ3) is 5.77. The van der Waals surface area contributed by atoms with E-state index in [4.69, 9.17) is 9.97 Å². The van der Waals surface area contributed by atoms with Crippen molar-refractivity contribution >= 4 is 27.6 Å². The standard InChI is InChI=1S/C51H35N3/c1-2-12-37(13-3-1)49-43-16-6-8-18-45(43)50(46-19-9-7-17-44(46)49)38-25-27-39(28-26-38)51-53-47(36-23-20-35(21-24-36)42-15-10-30-52-33-42)32-48(54-51)41-29-22-34-11-4-5-14-40(34)31-41/h1-3,5-10,12-33H,4,11H2. The maximum Gasteiger partial charge on any atom is 0.160 e. The summed E-state index contributed by atoms with van der Waals surface area (Å²) in [6.45, 7) is 0. The predicted molar refractivity (Wildman–Crippen MR) is 225 cm³/mol. The molecule has 1 aliphatic carbocycles. The Labute approximate surface area is 315 Å². The van der Waals surface area contributed by atoms with Crippen molar-refractivity contribution in [2.75, 3.05) is 0 Å². The van der Waals surface area contributed by atoms with Crippen LogP contribution in [0.4, 0.5) is 0 Å². The number of hydrogen-bond acceptors (Lipinski definition) is 3. The normalized spacial score (nSPS) is 12.2. The quantitative estimate of drug-likeness (QED) is 0.163. The van der Waals surface area contributed by atoms with E-state index in [1.165, 1.54) is 49.4 Å². The van der Waals surface area contributed by atoms with E-state index in [2.05, 4.69) is 175 Å². The first-order valence-corrected chi connectivity index (χ1v) is 18.6. The third-order valence-electron chi connectivity index (χ3n) is 10.6. The van der Waals surface area contributed by atoms with Gasteiger partial charge >= 0.3 is 0 Å². The van der Waals surface area contributed by atoms with E-state index in [1.807, 2.05) is 12.3 Å². The van der Waals surface area contributed by atoms with E-state index in [-0.39, 0.29) is 0 Å². The van der Waals surface area contributed by atoms with E-state index >= 15 is 0 Å². The Bertz CT molecular complexity index is 2780. The first kappa shape index (κ1) is 31.7. The third-order valence-corrected chi connectivity index (χ3v) is 10.6. The summed E-state index contributed by atoms with van der Waals surface area (Å²) in [5.41, 5.74) is 14.6. The van der Waals surface area contributed by atoms with E-state index in [0.29, 0.717) is 5.82 Å². The van der Waals surface area contributed by atoms with Gasteiger partial charge in [0, 0.05) is 29.1 Å². The largest absolute Gasteiger partial charge is 0.264 e. The van der Waals surface area contributed by atoms with Crippen LogP contribution in [0, 0.1) is 0 Å². The Kier molecular flexibility index (Phi) is 7.96. The van der Waals surface area contributed by atoms with Crippen LogP contribution >= 0.6 is 0 Å². The maximum absolute atomic E-state index is 5.22. The van der Waals surface area contributed by atoms with Crippen molar-refractivity contribution in [2.45, 2.75) is 12.8 Å². The first-order valence-electron chi connectivity index (χ1n) is 18.6. The molecule has 254 valence electrons. The molecule has 0 atom stereocenters. The van der Waals surface area contributed by atoms with Gasteiger partial charge < -0.3 is 0 Å². The van der Waals surface area contributed by atoms with Crippen LogP contribution in [0.3, 0.4) is 0 Å². The van der Waals surface area contributed by atoms with E-state index in [9.17, 15) is 0 Å². The average molecular weight is 690 g/mol. The second-order valence-electron chi connectivity index (χ2n) is 13.9. The van der Waals surface area contributed by atoms with Crippen LogP contribution in [0.2, 0.25) is 0 Å². The summed E-state index contributed by atoms with van der Waals surface area (Å²) in [7, 11) is 0. The zero-order valence-electron chi connectivity index (χ0n) is 29.7. The molecule has 0 unspecified atom stereocenters. The summed E-state index contributed by atoms with van der Waals surface area (Å²) in [4.78, 5) is 14.7. The minimum Gasteiger partial charge on any atom is -0.264 e. The van der Waals surface area contributed by atoms with Crippen LogP contribution in [-0.4, -0.2) is 15.0 Å². The molecule has 0 bridgehead atoms. The Morgan fingerprint density at radius 3 is 1.59 bits per heavy atom. The highest BCUT2D eigenvalue weighted by Gasteiger charge is 2.18. The van der Waals surface area contributed by atoms with Crippen LogP contribution in [0.25, 0.3) is 94.9 Å². The summed E-state index contributed by atoms with van der Waals surface area (Å²) in [6.07, 6.45) is 10.4. The van der Waals surface area contributed by atoms with Gasteiger partial charge in [-0.25, -0.2) is 9.97 Å². The molecule has 10 rings (SSSR count). The molecule has 0 saturated carbocycles. The Balaban J connectivity index is 1.10. The number of fused-ring (bicyclic) bond motifs is 3. The van der Waals surface area contributed by atoms with Crippen molar-refractivity contribution in [2.24, 2.45) is 0 Å². The number of hydrogen-bond donors (Lipinski definition) is 0. The number of nitrogens with zero attached hydrogens (tertiary/aromatic N) is 3. The van der Waals surface area contributed by atoms with Crippen molar-refractivity contribution in [1.82, 2.24) is 15.0 Å². The summed E-state index contributed by atoms with van der Waals surface area (Å²) in [6, 6.07) is 58.6. The lowest BCUT2D eigenvalue weighted by molar-refractivity contribution is 0.986. The van der Waals surface area contributed by atoms with Gasteiger partial charge in [0.15, 0.2) is 5.82 Å². The van der Waals surface area contributed by atoms with Gasteiger partial charge in [0.2, 0.25) is 0 Å². The molecule has 0 radical (unpaired) electrons.